The highest BCUT2D eigenvalue weighted by atomic mass is 19.4. The number of halogens is 3. The smallest absolute Gasteiger partial charge is 0.484 e. The van der Waals surface area contributed by atoms with E-state index in [9.17, 15) is 18.0 Å². The summed E-state index contributed by atoms with van der Waals surface area (Å²) in [6, 6.07) is 10.9. The molecule has 0 aliphatic heterocycles. The Labute approximate surface area is 153 Å². The number of hydrogen-bond acceptors (Lipinski definition) is 3. The van der Waals surface area contributed by atoms with Crippen molar-refractivity contribution in [3.8, 4) is 17.0 Å². The molecule has 9 heteroatoms. The quantitative estimate of drug-likeness (QED) is 0.708. The summed E-state index contributed by atoms with van der Waals surface area (Å²) in [5, 5.41) is 5.78. The van der Waals surface area contributed by atoms with Crippen molar-refractivity contribution in [3.63, 3.8) is 0 Å². The lowest BCUT2D eigenvalue weighted by Gasteiger charge is -2.14. The van der Waals surface area contributed by atoms with Crippen molar-refractivity contribution >= 4 is 5.91 Å². The van der Waals surface area contributed by atoms with Crippen molar-refractivity contribution in [3.05, 3.63) is 60.0 Å². The van der Waals surface area contributed by atoms with Gasteiger partial charge in [-0.3, -0.25) is 4.79 Å². The van der Waals surface area contributed by atoms with E-state index in [1.165, 1.54) is 13.1 Å². The first kappa shape index (κ1) is 18.6. The average Bonchev–Trinajstić information content (AvgIpc) is 3.28. The number of nitrogens with zero attached hydrogens (tertiary/aromatic N) is 2. The molecule has 2 aromatic heterocycles. The monoisotopic (exact) mass is 378 g/mol. The number of ether oxygens (including phenoxy) is 1. The summed E-state index contributed by atoms with van der Waals surface area (Å²) in [6.07, 6.45) is -3.08. The van der Waals surface area contributed by atoms with Crippen LogP contribution < -0.4 is 10.1 Å². The van der Waals surface area contributed by atoms with Gasteiger partial charge < -0.3 is 15.0 Å². The fraction of sp³-hybridized carbons (Fsp3) is 0.222. The van der Waals surface area contributed by atoms with Gasteiger partial charge in [-0.05, 0) is 12.5 Å². The largest absolute Gasteiger partial charge is 0.504 e. The van der Waals surface area contributed by atoms with Gasteiger partial charge in [-0.2, -0.15) is 9.78 Å². The van der Waals surface area contributed by atoms with E-state index >= 15 is 0 Å². The van der Waals surface area contributed by atoms with Gasteiger partial charge in [-0.1, -0.05) is 30.3 Å². The van der Waals surface area contributed by atoms with Crippen molar-refractivity contribution in [2.75, 3.05) is 7.05 Å². The van der Waals surface area contributed by atoms with Crippen LogP contribution in [-0.4, -0.2) is 27.7 Å². The fourth-order valence-electron chi connectivity index (χ4n) is 2.56. The van der Waals surface area contributed by atoms with Crippen molar-refractivity contribution in [2.24, 2.45) is 0 Å². The highest BCUT2D eigenvalue weighted by Crippen LogP contribution is 2.32. The Morgan fingerprint density at radius 2 is 2.00 bits per heavy atom. The van der Waals surface area contributed by atoms with Crippen molar-refractivity contribution in [1.29, 1.82) is 0 Å². The molecule has 6 nitrogen and oxygen atoms in total. The minimum Gasteiger partial charge on any atom is -0.484 e. The predicted molar refractivity (Wildman–Crippen MR) is 92.2 cm³/mol. The summed E-state index contributed by atoms with van der Waals surface area (Å²) in [6.45, 7) is 1.82. The number of alkyl halides is 3. The van der Waals surface area contributed by atoms with Gasteiger partial charge in [0.1, 0.15) is 11.8 Å². The van der Waals surface area contributed by atoms with E-state index in [0.29, 0.717) is 5.69 Å². The maximum atomic E-state index is 12.7. The van der Waals surface area contributed by atoms with Gasteiger partial charge in [-0.15, -0.1) is 13.2 Å². The standard InChI is InChI=1S/C18H17F3N4O2/c1-11(12-6-4-3-5-7-12)27-15-8-14(24-16(15)17(26)22-2)13-9-23-25(10-13)18(19,20)21/h3-11,24H,1-2H3,(H,22,26). The maximum absolute atomic E-state index is 12.7. The molecular weight excluding hydrogens is 361 g/mol. The van der Waals surface area contributed by atoms with Crippen LogP contribution in [0.3, 0.4) is 0 Å². The Morgan fingerprint density at radius 1 is 1.30 bits per heavy atom. The van der Waals surface area contributed by atoms with E-state index in [0.717, 1.165) is 18.0 Å². The van der Waals surface area contributed by atoms with Crippen LogP contribution in [-0.2, 0) is 6.30 Å². The van der Waals surface area contributed by atoms with E-state index in [4.69, 9.17) is 4.74 Å². The van der Waals surface area contributed by atoms with E-state index in [1.54, 1.807) is 0 Å². The topological polar surface area (TPSA) is 71.9 Å². The lowest BCUT2D eigenvalue weighted by atomic mass is 10.1. The van der Waals surface area contributed by atoms with Crippen LogP contribution in [0, 0.1) is 0 Å². The minimum atomic E-state index is -4.62. The molecule has 0 spiro atoms. The third kappa shape index (κ3) is 3.97. The van der Waals surface area contributed by atoms with Crippen molar-refractivity contribution in [2.45, 2.75) is 19.3 Å². The summed E-state index contributed by atoms with van der Waals surface area (Å²) >= 11 is 0. The van der Waals surface area contributed by atoms with Crippen LogP contribution in [0.1, 0.15) is 29.1 Å². The first-order chi connectivity index (χ1) is 12.8. The first-order valence-electron chi connectivity index (χ1n) is 8.08. The molecule has 1 amide bonds. The minimum absolute atomic E-state index is 0.101. The summed E-state index contributed by atoms with van der Waals surface area (Å²) in [7, 11) is 1.45. The van der Waals surface area contributed by atoms with Gasteiger partial charge in [0.15, 0.2) is 5.75 Å². The molecule has 2 N–H and O–H groups in total. The third-order valence-electron chi connectivity index (χ3n) is 3.96. The first-order valence-corrected chi connectivity index (χ1v) is 8.08. The lowest BCUT2D eigenvalue weighted by Crippen LogP contribution is -2.19. The molecule has 0 fully saturated rings. The predicted octanol–water partition coefficient (Wildman–Crippen LogP) is 3.85. The molecule has 1 atom stereocenters. The average molecular weight is 378 g/mol. The molecule has 1 unspecified atom stereocenters. The van der Waals surface area contributed by atoms with Gasteiger partial charge in [-0.25, -0.2) is 0 Å². The summed E-state index contributed by atoms with van der Waals surface area (Å²) in [4.78, 5) is 15.0. The lowest BCUT2D eigenvalue weighted by molar-refractivity contribution is -0.212. The SMILES string of the molecule is CNC(=O)c1[nH]c(-c2cnn(C(F)(F)F)c2)cc1OC(C)c1ccccc1. The molecule has 0 saturated heterocycles. The van der Waals surface area contributed by atoms with Crippen LogP contribution in [0.4, 0.5) is 13.2 Å². The zero-order chi connectivity index (χ0) is 19.6. The molecule has 27 heavy (non-hydrogen) atoms. The second-order valence-electron chi connectivity index (χ2n) is 5.81. The number of rotatable bonds is 5. The molecule has 0 radical (unpaired) electrons. The van der Waals surface area contributed by atoms with E-state index in [2.05, 4.69) is 15.4 Å². The molecule has 0 bridgehead atoms. The van der Waals surface area contributed by atoms with Gasteiger partial charge in [0, 0.05) is 24.9 Å². The number of benzene rings is 1. The molecule has 2 heterocycles. The summed E-state index contributed by atoms with van der Waals surface area (Å²) in [5.41, 5.74) is 1.49. The van der Waals surface area contributed by atoms with Crippen LogP contribution in [0.15, 0.2) is 48.8 Å². The van der Waals surface area contributed by atoms with Crippen LogP contribution in [0.2, 0.25) is 0 Å². The number of carbonyl (C=O) groups excluding carboxylic acids is 1. The number of carbonyl (C=O) groups is 1. The van der Waals surface area contributed by atoms with E-state index < -0.39 is 12.2 Å². The van der Waals surface area contributed by atoms with Crippen LogP contribution >= 0.6 is 0 Å². The van der Waals surface area contributed by atoms with Crippen molar-refractivity contribution in [1.82, 2.24) is 20.1 Å². The normalized spacial score (nSPS) is 12.6. The number of hydrogen-bond donors (Lipinski definition) is 2. The molecule has 142 valence electrons. The second-order valence-corrected chi connectivity index (χ2v) is 5.81. The number of amides is 1. The Kier molecular flexibility index (Phi) is 4.93. The van der Waals surface area contributed by atoms with Gasteiger partial charge in [0.25, 0.3) is 5.91 Å². The van der Waals surface area contributed by atoms with Gasteiger partial charge >= 0.3 is 6.30 Å². The fourth-order valence-corrected chi connectivity index (χ4v) is 2.56. The van der Waals surface area contributed by atoms with E-state index in [-0.39, 0.29) is 27.8 Å². The number of nitrogens with one attached hydrogen (secondary N) is 2. The highest BCUT2D eigenvalue weighted by Gasteiger charge is 2.32. The van der Waals surface area contributed by atoms with Gasteiger partial charge in [0.05, 0.1) is 11.9 Å². The Morgan fingerprint density at radius 3 is 2.59 bits per heavy atom. The molecule has 1 aromatic carbocycles. The van der Waals surface area contributed by atoms with Crippen molar-refractivity contribution < 1.29 is 22.7 Å². The second kappa shape index (κ2) is 7.18. The number of aromatic amines is 1. The molecule has 0 aliphatic carbocycles. The molecule has 0 aliphatic rings. The molecule has 3 rings (SSSR count). The third-order valence-corrected chi connectivity index (χ3v) is 3.96. The molecular formula is C18H17F3N4O2. The zero-order valence-corrected chi connectivity index (χ0v) is 14.5. The Hall–Kier alpha value is -3.23. The van der Waals surface area contributed by atoms with E-state index in [1.807, 2.05) is 37.3 Å². The number of aromatic nitrogens is 3. The molecule has 3 aromatic rings. The summed E-state index contributed by atoms with van der Waals surface area (Å²) < 4.78 is 44.0. The maximum Gasteiger partial charge on any atom is 0.504 e. The Bertz CT molecular complexity index is 932. The molecule has 0 saturated carbocycles. The van der Waals surface area contributed by atoms with Crippen LogP contribution in [0.25, 0.3) is 11.3 Å². The van der Waals surface area contributed by atoms with Gasteiger partial charge in [0.2, 0.25) is 0 Å². The summed E-state index contributed by atoms with van der Waals surface area (Å²) in [5.74, 6) is -0.208. The van der Waals surface area contributed by atoms with Crippen LogP contribution in [0.5, 0.6) is 5.75 Å². The highest BCUT2D eigenvalue weighted by molar-refractivity contribution is 5.96. The number of H-pyrrole nitrogens is 1. The Balaban J connectivity index is 1.94. The zero-order valence-electron chi connectivity index (χ0n) is 14.5.